The van der Waals surface area contributed by atoms with Gasteiger partial charge in [-0.15, -0.1) is 12.4 Å². The van der Waals surface area contributed by atoms with E-state index in [0.29, 0.717) is 19.0 Å². The van der Waals surface area contributed by atoms with E-state index in [1.165, 1.54) is 0 Å². The van der Waals surface area contributed by atoms with E-state index in [1.54, 1.807) is 13.8 Å². The normalized spacial score (nSPS) is 21.5. The van der Waals surface area contributed by atoms with Gasteiger partial charge in [0, 0.05) is 32.1 Å². The largest absolute Gasteiger partial charge is 0.342 e. The minimum Gasteiger partial charge on any atom is -0.342 e. The lowest BCUT2D eigenvalue weighted by molar-refractivity contribution is -0.143. The predicted molar refractivity (Wildman–Crippen MR) is 89.8 cm³/mol. The molecule has 0 radical (unpaired) electrons. The number of carbonyl (C=O) groups is 2. The Bertz CT molecular complexity index is 393. The molecule has 2 aliphatic rings. The first kappa shape index (κ1) is 19.2. The Morgan fingerprint density at radius 3 is 1.86 bits per heavy atom. The van der Waals surface area contributed by atoms with Crippen LogP contribution >= 0.6 is 12.4 Å². The second-order valence-electron chi connectivity index (χ2n) is 7.30. The van der Waals surface area contributed by atoms with Gasteiger partial charge in [0.05, 0.1) is 5.54 Å². The fraction of sp³-hybridized carbons (Fsp3) is 0.875. The first-order valence-electron chi connectivity index (χ1n) is 8.16. The summed E-state index contributed by atoms with van der Waals surface area (Å²) in [6.07, 6.45) is 3.77. The Hall–Kier alpha value is -0.810. The quantitative estimate of drug-likeness (QED) is 0.836. The monoisotopic (exact) mass is 331 g/mol. The van der Waals surface area contributed by atoms with E-state index >= 15 is 0 Å². The highest BCUT2D eigenvalue weighted by molar-refractivity contribution is 5.86. The zero-order valence-electron chi connectivity index (χ0n) is 14.0. The smallest absolute Gasteiger partial charge is 0.242 e. The number of halogens is 1. The number of nitrogens with zero attached hydrogens (tertiary/aromatic N) is 2. The van der Waals surface area contributed by atoms with Gasteiger partial charge < -0.3 is 15.5 Å². The minimum atomic E-state index is -0.820. The van der Waals surface area contributed by atoms with E-state index in [4.69, 9.17) is 5.73 Å². The van der Waals surface area contributed by atoms with E-state index in [0.717, 1.165) is 44.7 Å². The Morgan fingerprint density at radius 1 is 0.955 bits per heavy atom. The number of amides is 2. The first-order chi connectivity index (χ1) is 9.79. The van der Waals surface area contributed by atoms with E-state index in [9.17, 15) is 9.59 Å². The minimum absolute atomic E-state index is 0. The van der Waals surface area contributed by atoms with Crippen molar-refractivity contribution in [2.45, 2.75) is 52.0 Å². The Labute approximate surface area is 140 Å². The summed E-state index contributed by atoms with van der Waals surface area (Å²) >= 11 is 0. The summed E-state index contributed by atoms with van der Waals surface area (Å²) in [6.45, 7) is 8.83. The van der Waals surface area contributed by atoms with Crippen LogP contribution in [0.3, 0.4) is 0 Å². The molecule has 2 fully saturated rings. The molecule has 0 saturated carbocycles. The lowest BCUT2D eigenvalue weighted by Gasteiger charge is -2.38. The standard InChI is InChI=1S/C16H29N3O2.ClH/c1-12-4-8-18(9-5-12)14(20)13-6-10-19(11-7-13)15(21)16(2,3)17;/h12-13H,4-11,17H2,1-3H3;1H. The van der Waals surface area contributed by atoms with E-state index in [-0.39, 0.29) is 24.2 Å². The van der Waals surface area contributed by atoms with Crippen LogP contribution in [0.15, 0.2) is 0 Å². The van der Waals surface area contributed by atoms with E-state index < -0.39 is 5.54 Å². The molecule has 0 aromatic carbocycles. The lowest BCUT2D eigenvalue weighted by atomic mass is 9.92. The van der Waals surface area contributed by atoms with Crippen molar-refractivity contribution in [1.82, 2.24) is 9.80 Å². The molecule has 2 rings (SSSR count). The SMILES string of the molecule is CC1CCN(C(=O)C2CCN(C(=O)C(C)(C)N)CC2)CC1.Cl. The van der Waals surface area contributed by atoms with Crippen molar-refractivity contribution in [3.8, 4) is 0 Å². The third kappa shape index (κ3) is 4.59. The third-order valence-electron chi connectivity index (χ3n) is 4.78. The molecule has 0 bridgehead atoms. The number of likely N-dealkylation sites (tertiary alicyclic amines) is 2. The highest BCUT2D eigenvalue weighted by atomic mass is 35.5. The second kappa shape index (κ2) is 7.64. The van der Waals surface area contributed by atoms with Crippen LogP contribution in [0, 0.1) is 11.8 Å². The van der Waals surface area contributed by atoms with Crippen LogP contribution in [0.25, 0.3) is 0 Å². The lowest BCUT2D eigenvalue weighted by Crippen LogP contribution is -2.54. The number of hydrogen-bond acceptors (Lipinski definition) is 3. The van der Waals surface area contributed by atoms with Crippen molar-refractivity contribution in [1.29, 1.82) is 0 Å². The molecule has 2 amide bonds. The van der Waals surface area contributed by atoms with Crippen molar-refractivity contribution in [2.75, 3.05) is 26.2 Å². The number of nitrogens with two attached hydrogens (primary N) is 1. The number of rotatable bonds is 2. The molecule has 2 aliphatic heterocycles. The molecule has 0 spiro atoms. The molecule has 5 nitrogen and oxygen atoms in total. The molecule has 22 heavy (non-hydrogen) atoms. The van der Waals surface area contributed by atoms with Crippen molar-refractivity contribution >= 4 is 24.2 Å². The molecular weight excluding hydrogens is 302 g/mol. The fourth-order valence-corrected chi connectivity index (χ4v) is 3.22. The Balaban J connectivity index is 0.00000242. The maximum atomic E-state index is 12.5. The molecular formula is C16H30ClN3O2. The average molecular weight is 332 g/mol. The molecule has 0 unspecified atom stereocenters. The summed E-state index contributed by atoms with van der Waals surface area (Å²) in [4.78, 5) is 28.5. The van der Waals surface area contributed by atoms with Gasteiger partial charge in [0.2, 0.25) is 11.8 Å². The molecule has 6 heteroatoms. The van der Waals surface area contributed by atoms with Crippen molar-refractivity contribution in [3.63, 3.8) is 0 Å². The first-order valence-corrected chi connectivity index (χ1v) is 8.16. The maximum Gasteiger partial charge on any atom is 0.242 e. The van der Waals surface area contributed by atoms with Gasteiger partial charge in [0.15, 0.2) is 0 Å². The molecule has 2 heterocycles. The van der Waals surface area contributed by atoms with Crippen molar-refractivity contribution in [3.05, 3.63) is 0 Å². The Kier molecular flexibility index (Phi) is 6.68. The van der Waals surface area contributed by atoms with Crippen molar-refractivity contribution in [2.24, 2.45) is 17.6 Å². The Morgan fingerprint density at radius 2 is 1.41 bits per heavy atom. The molecule has 0 atom stereocenters. The van der Waals surface area contributed by atoms with Gasteiger partial charge in [0.25, 0.3) is 0 Å². The third-order valence-corrected chi connectivity index (χ3v) is 4.78. The highest BCUT2D eigenvalue weighted by Gasteiger charge is 2.34. The summed E-state index contributed by atoms with van der Waals surface area (Å²) in [6, 6.07) is 0. The molecule has 2 N–H and O–H groups in total. The number of carbonyl (C=O) groups excluding carboxylic acids is 2. The van der Waals surface area contributed by atoms with Gasteiger partial charge in [-0.25, -0.2) is 0 Å². The summed E-state index contributed by atoms with van der Waals surface area (Å²) in [5, 5.41) is 0. The summed E-state index contributed by atoms with van der Waals surface area (Å²) in [5.74, 6) is 1.10. The van der Waals surface area contributed by atoms with Gasteiger partial charge in [0.1, 0.15) is 0 Å². The molecule has 0 aliphatic carbocycles. The highest BCUT2D eigenvalue weighted by Crippen LogP contribution is 2.24. The topological polar surface area (TPSA) is 66.6 Å². The maximum absolute atomic E-state index is 12.5. The molecule has 128 valence electrons. The van der Waals surface area contributed by atoms with Gasteiger partial charge in [-0.1, -0.05) is 6.92 Å². The van der Waals surface area contributed by atoms with Gasteiger partial charge in [-0.05, 0) is 45.4 Å². The summed E-state index contributed by atoms with van der Waals surface area (Å²) < 4.78 is 0. The van der Waals surface area contributed by atoms with Crippen LogP contribution in [0.4, 0.5) is 0 Å². The van der Waals surface area contributed by atoms with Crippen molar-refractivity contribution < 1.29 is 9.59 Å². The van der Waals surface area contributed by atoms with Crippen LogP contribution in [0.5, 0.6) is 0 Å². The molecule has 0 aromatic rings. The zero-order chi connectivity index (χ0) is 15.6. The summed E-state index contributed by atoms with van der Waals surface area (Å²) in [5.41, 5.74) is 5.05. The van der Waals surface area contributed by atoms with Crippen LogP contribution in [-0.4, -0.2) is 53.3 Å². The van der Waals surface area contributed by atoms with E-state index in [2.05, 4.69) is 6.92 Å². The van der Waals surface area contributed by atoms with Gasteiger partial charge in [-0.2, -0.15) is 0 Å². The number of hydrogen-bond donors (Lipinski definition) is 1. The average Bonchev–Trinajstić information content (AvgIpc) is 2.46. The predicted octanol–water partition coefficient (Wildman–Crippen LogP) is 1.64. The summed E-state index contributed by atoms with van der Waals surface area (Å²) in [7, 11) is 0. The van der Waals surface area contributed by atoms with Crippen LogP contribution in [-0.2, 0) is 9.59 Å². The van der Waals surface area contributed by atoms with Gasteiger partial charge in [-0.3, -0.25) is 9.59 Å². The van der Waals surface area contributed by atoms with E-state index in [1.807, 2.05) is 9.80 Å². The number of piperidine rings is 2. The van der Waals surface area contributed by atoms with Gasteiger partial charge >= 0.3 is 0 Å². The molecule has 0 aromatic heterocycles. The van der Waals surface area contributed by atoms with Crippen LogP contribution < -0.4 is 5.73 Å². The van der Waals surface area contributed by atoms with Crippen LogP contribution in [0.2, 0.25) is 0 Å². The fourth-order valence-electron chi connectivity index (χ4n) is 3.22. The second-order valence-corrected chi connectivity index (χ2v) is 7.30. The zero-order valence-corrected chi connectivity index (χ0v) is 14.8. The molecule has 2 saturated heterocycles. The van der Waals surface area contributed by atoms with Crippen LogP contribution in [0.1, 0.15) is 46.5 Å².